The molecule has 0 aliphatic rings. The van der Waals surface area contributed by atoms with Gasteiger partial charge in [0.2, 0.25) is 0 Å². The van der Waals surface area contributed by atoms with E-state index in [0.29, 0.717) is 23.7 Å². The Morgan fingerprint density at radius 1 is 1.26 bits per heavy atom. The summed E-state index contributed by atoms with van der Waals surface area (Å²) in [5.41, 5.74) is 1.83. The van der Waals surface area contributed by atoms with Gasteiger partial charge in [-0.05, 0) is 37.3 Å². The Balaban J connectivity index is 1.76. The van der Waals surface area contributed by atoms with Crippen molar-refractivity contribution in [2.45, 2.75) is 6.92 Å². The van der Waals surface area contributed by atoms with Crippen LogP contribution in [0.4, 0.5) is 11.7 Å². The molecule has 7 nitrogen and oxygen atoms in total. The fourth-order valence-corrected chi connectivity index (χ4v) is 1.94. The predicted molar refractivity (Wildman–Crippen MR) is 83.2 cm³/mol. The van der Waals surface area contributed by atoms with Crippen LogP contribution in [0.25, 0.3) is 11.5 Å². The normalized spacial score (nSPS) is 10.3. The monoisotopic (exact) mass is 310 g/mol. The van der Waals surface area contributed by atoms with Crippen molar-refractivity contribution < 1.29 is 13.9 Å². The van der Waals surface area contributed by atoms with Gasteiger partial charge < -0.3 is 14.5 Å². The van der Waals surface area contributed by atoms with Gasteiger partial charge in [0.1, 0.15) is 0 Å². The standard InChI is InChI=1S/C16H14N4O3/c1-2-22-15(21)11-5-3-7-13(9-11)18-16-20-19-14(23-16)12-6-4-8-17-10-12/h3-10H,2H2,1H3,(H,18,20). The van der Waals surface area contributed by atoms with E-state index in [4.69, 9.17) is 9.15 Å². The summed E-state index contributed by atoms with van der Waals surface area (Å²) in [5, 5.41) is 10.8. The lowest BCUT2D eigenvalue weighted by Gasteiger charge is -2.04. The van der Waals surface area contributed by atoms with Gasteiger partial charge in [-0.3, -0.25) is 4.98 Å². The molecular weight excluding hydrogens is 296 g/mol. The average molecular weight is 310 g/mol. The topological polar surface area (TPSA) is 90.1 Å². The molecule has 0 aliphatic carbocycles. The maximum Gasteiger partial charge on any atom is 0.338 e. The van der Waals surface area contributed by atoms with Gasteiger partial charge in [-0.2, -0.15) is 0 Å². The number of anilines is 2. The number of nitrogens with one attached hydrogen (secondary N) is 1. The lowest BCUT2D eigenvalue weighted by molar-refractivity contribution is 0.0526. The molecule has 1 N–H and O–H groups in total. The molecule has 1 aromatic carbocycles. The molecule has 0 bridgehead atoms. The number of hydrogen-bond acceptors (Lipinski definition) is 7. The largest absolute Gasteiger partial charge is 0.462 e. The molecule has 116 valence electrons. The average Bonchev–Trinajstić information content (AvgIpc) is 3.05. The van der Waals surface area contributed by atoms with Crippen LogP contribution in [0.2, 0.25) is 0 Å². The zero-order valence-electron chi connectivity index (χ0n) is 12.4. The number of aromatic nitrogens is 3. The van der Waals surface area contributed by atoms with Gasteiger partial charge in [0.05, 0.1) is 17.7 Å². The fraction of sp³-hybridized carbons (Fsp3) is 0.125. The zero-order chi connectivity index (χ0) is 16.1. The Morgan fingerprint density at radius 2 is 2.17 bits per heavy atom. The Morgan fingerprint density at radius 3 is 2.96 bits per heavy atom. The van der Waals surface area contributed by atoms with E-state index < -0.39 is 0 Å². The minimum Gasteiger partial charge on any atom is -0.462 e. The van der Waals surface area contributed by atoms with Crippen molar-refractivity contribution >= 4 is 17.7 Å². The first-order chi connectivity index (χ1) is 11.3. The number of pyridine rings is 1. The second kappa shape index (κ2) is 6.69. The molecule has 0 saturated heterocycles. The minimum absolute atomic E-state index is 0.227. The summed E-state index contributed by atoms with van der Waals surface area (Å²) in [7, 11) is 0. The lowest BCUT2D eigenvalue weighted by atomic mass is 10.2. The third kappa shape index (κ3) is 3.52. The summed E-state index contributed by atoms with van der Waals surface area (Å²) in [4.78, 5) is 15.7. The van der Waals surface area contributed by atoms with Gasteiger partial charge in [0.15, 0.2) is 0 Å². The number of ether oxygens (including phenoxy) is 1. The van der Waals surface area contributed by atoms with Gasteiger partial charge in [-0.1, -0.05) is 11.2 Å². The number of carbonyl (C=O) groups excluding carboxylic acids is 1. The number of benzene rings is 1. The number of hydrogen-bond donors (Lipinski definition) is 1. The van der Waals surface area contributed by atoms with E-state index in [1.807, 2.05) is 6.07 Å². The van der Waals surface area contributed by atoms with Crippen LogP contribution in [-0.2, 0) is 4.74 Å². The molecule has 0 unspecified atom stereocenters. The Hall–Kier alpha value is -3.22. The second-order valence-corrected chi connectivity index (χ2v) is 4.58. The van der Waals surface area contributed by atoms with Gasteiger partial charge in [-0.25, -0.2) is 4.79 Å². The van der Waals surface area contributed by atoms with Crippen LogP contribution in [0.15, 0.2) is 53.2 Å². The molecule has 3 rings (SSSR count). The number of carbonyl (C=O) groups is 1. The van der Waals surface area contributed by atoms with E-state index in [9.17, 15) is 4.79 Å². The summed E-state index contributed by atoms with van der Waals surface area (Å²) in [6.07, 6.45) is 3.30. The first-order valence-electron chi connectivity index (χ1n) is 7.04. The highest BCUT2D eigenvalue weighted by Gasteiger charge is 2.10. The smallest absolute Gasteiger partial charge is 0.338 e. The summed E-state index contributed by atoms with van der Waals surface area (Å²) >= 11 is 0. The van der Waals surface area contributed by atoms with E-state index in [0.717, 1.165) is 5.56 Å². The van der Waals surface area contributed by atoms with Crippen LogP contribution < -0.4 is 5.32 Å². The van der Waals surface area contributed by atoms with Crippen LogP contribution >= 0.6 is 0 Å². The van der Waals surface area contributed by atoms with Gasteiger partial charge in [0, 0.05) is 18.1 Å². The van der Waals surface area contributed by atoms with Gasteiger partial charge in [0.25, 0.3) is 5.89 Å². The highest BCUT2D eigenvalue weighted by atomic mass is 16.5. The van der Waals surface area contributed by atoms with Crippen molar-refractivity contribution in [3.63, 3.8) is 0 Å². The third-order valence-corrected chi connectivity index (χ3v) is 2.96. The number of esters is 1. The van der Waals surface area contributed by atoms with Crippen LogP contribution in [0.3, 0.4) is 0 Å². The molecule has 0 atom stereocenters. The summed E-state index contributed by atoms with van der Waals surface area (Å²) in [6.45, 7) is 2.09. The third-order valence-electron chi connectivity index (χ3n) is 2.96. The maximum atomic E-state index is 11.7. The molecule has 0 spiro atoms. The summed E-state index contributed by atoms with van der Waals surface area (Å²) < 4.78 is 10.5. The van der Waals surface area contributed by atoms with Crippen LogP contribution in [0, 0.1) is 0 Å². The highest BCUT2D eigenvalue weighted by molar-refractivity contribution is 5.90. The molecule has 0 aliphatic heterocycles. The second-order valence-electron chi connectivity index (χ2n) is 4.58. The molecule has 3 aromatic rings. The van der Waals surface area contributed by atoms with Crippen molar-refractivity contribution in [1.82, 2.24) is 15.2 Å². The minimum atomic E-state index is -0.377. The van der Waals surface area contributed by atoms with Gasteiger partial charge >= 0.3 is 12.0 Å². The molecule has 2 aromatic heterocycles. The molecule has 0 radical (unpaired) electrons. The van der Waals surface area contributed by atoms with E-state index >= 15 is 0 Å². The Labute approximate surface area is 132 Å². The molecule has 23 heavy (non-hydrogen) atoms. The molecule has 7 heteroatoms. The summed E-state index contributed by atoms with van der Waals surface area (Å²) in [5.74, 6) is -0.0140. The predicted octanol–water partition coefficient (Wildman–Crippen LogP) is 3.05. The fourth-order valence-electron chi connectivity index (χ4n) is 1.94. The molecule has 2 heterocycles. The van der Waals surface area contributed by atoms with Crippen molar-refractivity contribution in [2.75, 3.05) is 11.9 Å². The zero-order valence-corrected chi connectivity index (χ0v) is 12.4. The van der Waals surface area contributed by atoms with Crippen LogP contribution in [-0.4, -0.2) is 27.8 Å². The quantitative estimate of drug-likeness (QED) is 0.724. The Bertz CT molecular complexity index is 802. The number of nitrogens with zero attached hydrogens (tertiary/aromatic N) is 3. The number of rotatable bonds is 5. The summed E-state index contributed by atoms with van der Waals surface area (Å²) in [6, 6.07) is 10.7. The molecule has 0 saturated carbocycles. The molecule has 0 fully saturated rings. The first-order valence-corrected chi connectivity index (χ1v) is 7.04. The first kappa shape index (κ1) is 14.7. The molecular formula is C16H14N4O3. The SMILES string of the molecule is CCOC(=O)c1cccc(Nc2nnc(-c3cccnc3)o2)c1. The van der Waals surface area contributed by atoms with E-state index in [-0.39, 0.29) is 12.0 Å². The van der Waals surface area contributed by atoms with Crippen molar-refractivity contribution in [1.29, 1.82) is 0 Å². The van der Waals surface area contributed by atoms with Crippen LogP contribution in [0.1, 0.15) is 17.3 Å². The van der Waals surface area contributed by atoms with E-state index in [1.165, 1.54) is 0 Å². The molecule has 0 amide bonds. The highest BCUT2D eigenvalue weighted by Crippen LogP contribution is 2.22. The maximum absolute atomic E-state index is 11.7. The van der Waals surface area contributed by atoms with Gasteiger partial charge in [-0.15, -0.1) is 5.10 Å². The lowest BCUT2D eigenvalue weighted by Crippen LogP contribution is -2.04. The van der Waals surface area contributed by atoms with Crippen LogP contribution in [0.5, 0.6) is 0 Å². The van der Waals surface area contributed by atoms with E-state index in [2.05, 4.69) is 20.5 Å². The van der Waals surface area contributed by atoms with E-state index in [1.54, 1.807) is 49.6 Å². The van der Waals surface area contributed by atoms with Crippen molar-refractivity contribution in [2.24, 2.45) is 0 Å². The Kier molecular flexibility index (Phi) is 4.28. The van der Waals surface area contributed by atoms with Crippen molar-refractivity contribution in [3.05, 3.63) is 54.4 Å². The van der Waals surface area contributed by atoms with Crippen molar-refractivity contribution in [3.8, 4) is 11.5 Å².